The normalized spacial score (nSPS) is 17.5. The largest absolute Gasteiger partial charge is 0.493 e. The quantitative estimate of drug-likeness (QED) is 0.885. The smallest absolute Gasteiger partial charge is 0.249 e. The summed E-state index contributed by atoms with van der Waals surface area (Å²) in [7, 11) is 4.79. The molecule has 0 radical (unpaired) electrons. The van der Waals surface area contributed by atoms with Gasteiger partial charge in [-0.1, -0.05) is 0 Å². The van der Waals surface area contributed by atoms with Crippen molar-refractivity contribution < 1.29 is 19.1 Å². The van der Waals surface area contributed by atoms with Crippen molar-refractivity contribution in [3.8, 4) is 11.5 Å². The van der Waals surface area contributed by atoms with Crippen molar-refractivity contribution in [2.75, 3.05) is 26.2 Å². The molecule has 0 saturated carbocycles. The lowest BCUT2D eigenvalue weighted by Gasteiger charge is -2.32. The molecule has 1 N–H and O–H groups in total. The molecule has 1 atom stereocenters. The zero-order valence-corrected chi connectivity index (χ0v) is 12.0. The van der Waals surface area contributed by atoms with Crippen LogP contribution in [-0.4, -0.2) is 39.1 Å². The van der Waals surface area contributed by atoms with Gasteiger partial charge in [-0.3, -0.25) is 9.59 Å². The van der Waals surface area contributed by atoms with Crippen LogP contribution in [0.25, 0.3) is 0 Å². The lowest BCUT2D eigenvalue weighted by atomic mass is 9.97. The summed E-state index contributed by atoms with van der Waals surface area (Å²) in [5.41, 5.74) is 1.71. The molecular formula is C14H18N2O4. The van der Waals surface area contributed by atoms with E-state index in [9.17, 15) is 9.59 Å². The molecule has 1 unspecified atom stereocenters. The Morgan fingerprint density at radius 2 is 1.90 bits per heavy atom. The van der Waals surface area contributed by atoms with E-state index in [1.165, 1.54) is 11.8 Å². The molecule has 0 fully saturated rings. The zero-order valence-electron chi connectivity index (χ0n) is 12.0. The molecule has 108 valence electrons. The first kappa shape index (κ1) is 14.2. The maximum Gasteiger partial charge on any atom is 0.249 e. The van der Waals surface area contributed by atoms with Gasteiger partial charge in [-0.15, -0.1) is 0 Å². The molecule has 0 spiro atoms. The van der Waals surface area contributed by atoms with Gasteiger partial charge in [0.15, 0.2) is 11.5 Å². The van der Waals surface area contributed by atoms with E-state index in [0.29, 0.717) is 17.9 Å². The summed E-state index contributed by atoms with van der Waals surface area (Å²) in [6.45, 7) is 1.40. The third kappa shape index (κ3) is 2.41. The molecule has 0 saturated heterocycles. The highest BCUT2D eigenvalue weighted by Gasteiger charge is 2.32. The molecule has 2 rings (SSSR count). The Kier molecular flexibility index (Phi) is 3.83. The summed E-state index contributed by atoms with van der Waals surface area (Å²) < 4.78 is 10.5. The van der Waals surface area contributed by atoms with Crippen molar-refractivity contribution in [1.82, 2.24) is 5.32 Å². The van der Waals surface area contributed by atoms with Gasteiger partial charge in [-0.25, -0.2) is 0 Å². The van der Waals surface area contributed by atoms with Gasteiger partial charge in [-0.05, 0) is 11.6 Å². The highest BCUT2D eigenvalue weighted by Crippen LogP contribution is 2.37. The predicted octanol–water partition coefficient (Wildman–Crippen LogP) is 0.727. The van der Waals surface area contributed by atoms with Crippen molar-refractivity contribution in [3.63, 3.8) is 0 Å². The molecule has 0 aromatic heterocycles. The lowest BCUT2D eigenvalue weighted by Crippen LogP contribution is -2.51. The van der Waals surface area contributed by atoms with Gasteiger partial charge in [-0.2, -0.15) is 0 Å². The van der Waals surface area contributed by atoms with Crippen LogP contribution in [0, 0.1) is 0 Å². The van der Waals surface area contributed by atoms with Crippen LogP contribution < -0.4 is 19.7 Å². The van der Waals surface area contributed by atoms with E-state index in [1.54, 1.807) is 27.3 Å². The van der Waals surface area contributed by atoms with Crippen LogP contribution in [0.5, 0.6) is 11.5 Å². The monoisotopic (exact) mass is 278 g/mol. The molecule has 1 heterocycles. The van der Waals surface area contributed by atoms with E-state index < -0.39 is 6.04 Å². The summed E-state index contributed by atoms with van der Waals surface area (Å²) in [4.78, 5) is 24.9. The van der Waals surface area contributed by atoms with Crippen LogP contribution in [0.2, 0.25) is 0 Å². The fraction of sp³-hybridized carbons (Fsp3) is 0.429. The van der Waals surface area contributed by atoms with Gasteiger partial charge in [0, 0.05) is 26.5 Å². The Bertz CT molecular complexity index is 556. The molecule has 0 aliphatic carbocycles. The SMILES string of the molecule is COc1cc2c(cc1OC)N(C)C(=O)C(NC(C)=O)C2. The van der Waals surface area contributed by atoms with Crippen molar-refractivity contribution in [1.29, 1.82) is 0 Å². The van der Waals surface area contributed by atoms with Gasteiger partial charge >= 0.3 is 0 Å². The standard InChI is InChI=1S/C14H18N2O4/c1-8(17)15-10-5-9-6-12(19-3)13(20-4)7-11(9)16(2)14(10)18/h6-7,10H,5H2,1-4H3,(H,15,17). The molecule has 1 aromatic rings. The number of nitrogens with one attached hydrogen (secondary N) is 1. The molecule has 0 bridgehead atoms. The molecule has 2 amide bonds. The summed E-state index contributed by atoms with van der Waals surface area (Å²) in [5.74, 6) is 0.819. The van der Waals surface area contributed by atoms with Gasteiger partial charge < -0.3 is 19.7 Å². The molecule has 6 heteroatoms. The Morgan fingerprint density at radius 1 is 1.30 bits per heavy atom. The highest BCUT2D eigenvalue weighted by atomic mass is 16.5. The van der Waals surface area contributed by atoms with E-state index in [0.717, 1.165) is 11.3 Å². The number of hydrogen-bond acceptors (Lipinski definition) is 4. The van der Waals surface area contributed by atoms with E-state index in [1.807, 2.05) is 6.07 Å². The second kappa shape index (κ2) is 5.40. The summed E-state index contributed by atoms with van der Waals surface area (Å²) in [5, 5.41) is 2.67. The number of methoxy groups -OCH3 is 2. The third-order valence-corrected chi connectivity index (χ3v) is 3.38. The van der Waals surface area contributed by atoms with Crippen molar-refractivity contribution in [3.05, 3.63) is 17.7 Å². The fourth-order valence-corrected chi connectivity index (χ4v) is 2.40. The Morgan fingerprint density at radius 3 is 2.45 bits per heavy atom. The number of rotatable bonds is 3. The van der Waals surface area contributed by atoms with Crippen LogP contribution in [0.1, 0.15) is 12.5 Å². The minimum Gasteiger partial charge on any atom is -0.493 e. The van der Waals surface area contributed by atoms with E-state index in [-0.39, 0.29) is 11.8 Å². The second-order valence-corrected chi connectivity index (χ2v) is 4.69. The summed E-state index contributed by atoms with van der Waals surface area (Å²) in [6, 6.07) is 3.07. The Hall–Kier alpha value is -2.24. The zero-order chi connectivity index (χ0) is 14.9. The number of fused-ring (bicyclic) bond motifs is 1. The van der Waals surface area contributed by atoms with E-state index >= 15 is 0 Å². The number of likely N-dealkylation sites (N-methyl/N-ethyl adjacent to an activating group) is 1. The van der Waals surface area contributed by atoms with Crippen LogP contribution in [-0.2, 0) is 16.0 Å². The Balaban J connectivity index is 2.43. The number of ether oxygens (including phenoxy) is 2. The first-order valence-electron chi connectivity index (χ1n) is 6.27. The highest BCUT2D eigenvalue weighted by molar-refractivity contribution is 6.01. The molecular weight excluding hydrogens is 260 g/mol. The first-order chi connectivity index (χ1) is 9.47. The number of amides is 2. The van der Waals surface area contributed by atoms with Crippen molar-refractivity contribution >= 4 is 17.5 Å². The number of carbonyl (C=O) groups is 2. The van der Waals surface area contributed by atoms with Crippen LogP contribution in [0.15, 0.2) is 12.1 Å². The van der Waals surface area contributed by atoms with E-state index in [4.69, 9.17) is 9.47 Å². The minimum absolute atomic E-state index is 0.139. The number of carbonyl (C=O) groups excluding carboxylic acids is 2. The Labute approximate surface area is 117 Å². The van der Waals surface area contributed by atoms with Gasteiger partial charge in [0.1, 0.15) is 6.04 Å². The summed E-state index contributed by atoms with van der Waals surface area (Å²) in [6.07, 6.45) is 0.443. The van der Waals surface area contributed by atoms with E-state index in [2.05, 4.69) is 5.32 Å². The van der Waals surface area contributed by atoms with Gasteiger partial charge in [0.25, 0.3) is 0 Å². The summed E-state index contributed by atoms with van der Waals surface area (Å²) >= 11 is 0. The average Bonchev–Trinajstić information content (AvgIpc) is 2.42. The third-order valence-electron chi connectivity index (χ3n) is 3.38. The van der Waals surface area contributed by atoms with Crippen LogP contribution in [0.3, 0.4) is 0 Å². The van der Waals surface area contributed by atoms with Gasteiger partial charge in [0.2, 0.25) is 11.8 Å². The van der Waals surface area contributed by atoms with Crippen molar-refractivity contribution in [2.45, 2.75) is 19.4 Å². The molecule has 1 aromatic carbocycles. The first-order valence-corrected chi connectivity index (χ1v) is 6.27. The average molecular weight is 278 g/mol. The maximum absolute atomic E-state index is 12.2. The minimum atomic E-state index is -0.539. The second-order valence-electron chi connectivity index (χ2n) is 4.69. The van der Waals surface area contributed by atoms with Crippen LogP contribution >= 0.6 is 0 Å². The fourth-order valence-electron chi connectivity index (χ4n) is 2.40. The molecule has 20 heavy (non-hydrogen) atoms. The maximum atomic E-state index is 12.2. The molecule has 6 nitrogen and oxygen atoms in total. The molecule has 1 aliphatic heterocycles. The predicted molar refractivity (Wildman–Crippen MR) is 74.3 cm³/mol. The number of benzene rings is 1. The number of hydrogen-bond donors (Lipinski definition) is 1. The lowest BCUT2D eigenvalue weighted by molar-refractivity contribution is -0.126. The topological polar surface area (TPSA) is 67.9 Å². The van der Waals surface area contributed by atoms with Crippen molar-refractivity contribution in [2.24, 2.45) is 0 Å². The molecule has 1 aliphatic rings. The number of nitrogens with zero attached hydrogens (tertiary/aromatic N) is 1. The van der Waals surface area contributed by atoms with Crippen LogP contribution in [0.4, 0.5) is 5.69 Å². The number of anilines is 1. The van der Waals surface area contributed by atoms with Gasteiger partial charge in [0.05, 0.1) is 19.9 Å².